The van der Waals surface area contributed by atoms with Gasteiger partial charge in [0.2, 0.25) is 5.91 Å². The minimum atomic E-state index is -0.137. The normalized spacial score (nSPS) is 18.9. The molecule has 1 aromatic rings. The molecule has 1 atom stereocenters. The van der Waals surface area contributed by atoms with Crippen LogP contribution in [0.2, 0.25) is 10.0 Å². The number of amides is 1. The summed E-state index contributed by atoms with van der Waals surface area (Å²) in [6.45, 7) is 2.81. The van der Waals surface area contributed by atoms with Crippen LogP contribution in [0, 0.1) is 5.92 Å². The number of carbonyl (C=O) groups excluding carboxylic acids is 1. The lowest BCUT2D eigenvalue weighted by Crippen LogP contribution is -2.32. The van der Waals surface area contributed by atoms with Crippen LogP contribution in [-0.2, 0) is 9.53 Å². The molecule has 5 nitrogen and oxygen atoms in total. The average Bonchev–Trinajstić information content (AvgIpc) is 2.81. The minimum Gasteiger partial charge on any atom is -0.399 e. The molecule has 0 aliphatic carbocycles. The molecule has 1 aliphatic rings. The van der Waals surface area contributed by atoms with Gasteiger partial charge in [-0.25, -0.2) is 0 Å². The fourth-order valence-electron chi connectivity index (χ4n) is 2.52. The Kier molecular flexibility index (Phi) is 5.70. The molecule has 1 aromatic carbocycles. The first kappa shape index (κ1) is 16.4. The number of anilines is 2. The summed E-state index contributed by atoms with van der Waals surface area (Å²) in [6, 6.07) is 3.13. The van der Waals surface area contributed by atoms with Crippen LogP contribution in [0.4, 0.5) is 11.4 Å². The Hall–Kier alpha value is -1.01. The zero-order chi connectivity index (χ0) is 15.4. The molecule has 21 heavy (non-hydrogen) atoms. The van der Waals surface area contributed by atoms with Gasteiger partial charge in [0.15, 0.2) is 0 Å². The fourth-order valence-corrected chi connectivity index (χ4v) is 3.12. The van der Waals surface area contributed by atoms with E-state index < -0.39 is 0 Å². The van der Waals surface area contributed by atoms with Crippen molar-refractivity contribution in [3.05, 3.63) is 22.2 Å². The van der Waals surface area contributed by atoms with Crippen molar-refractivity contribution in [1.29, 1.82) is 0 Å². The summed E-state index contributed by atoms with van der Waals surface area (Å²) in [6.07, 6.45) is 1.05. The SMILES string of the molecule is COCC1CCN(CC(=O)Nc2c(Cl)cc(N)cc2Cl)C1. The maximum Gasteiger partial charge on any atom is 0.238 e. The van der Waals surface area contributed by atoms with Crippen molar-refractivity contribution in [2.75, 3.05) is 44.4 Å². The number of hydrogen-bond donors (Lipinski definition) is 2. The van der Waals surface area contributed by atoms with Crippen molar-refractivity contribution in [2.24, 2.45) is 5.92 Å². The third-order valence-corrected chi connectivity index (χ3v) is 4.06. The molecule has 1 fully saturated rings. The number of hydrogen-bond acceptors (Lipinski definition) is 4. The number of benzene rings is 1. The number of nitrogens with zero attached hydrogens (tertiary/aromatic N) is 1. The van der Waals surface area contributed by atoms with Crippen LogP contribution in [0.1, 0.15) is 6.42 Å². The predicted octanol–water partition coefficient (Wildman–Crippen LogP) is 2.48. The van der Waals surface area contributed by atoms with Crippen LogP contribution in [0.15, 0.2) is 12.1 Å². The van der Waals surface area contributed by atoms with Gasteiger partial charge in [-0.15, -0.1) is 0 Å². The highest BCUT2D eigenvalue weighted by Gasteiger charge is 2.24. The molecular weight excluding hydrogens is 313 g/mol. The number of halogens is 2. The second-order valence-electron chi connectivity index (χ2n) is 5.25. The zero-order valence-corrected chi connectivity index (χ0v) is 13.4. The van der Waals surface area contributed by atoms with Gasteiger partial charge in [0, 0.05) is 19.3 Å². The lowest BCUT2D eigenvalue weighted by atomic mass is 10.1. The summed E-state index contributed by atoms with van der Waals surface area (Å²) in [5, 5.41) is 3.43. The Morgan fingerprint density at radius 1 is 1.48 bits per heavy atom. The summed E-state index contributed by atoms with van der Waals surface area (Å²) in [4.78, 5) is 14.2. The van der Waals surface area contributed by atoms with Gasteiger partial charge in [-0.3, -0.25) is 9.69 Å². The monoisotopic (exact) mass is 331 g/mol. The van der Waals surface area contributed by atoms with Crippen molar-refractivity contribution in [3.8, 4) is 0 Å². The number of nitrogens with two attached hydrogens (primary N) is 1. The molecule has 0 radical (unpaired) electrons. The van der Waals surface area contributed by atoms with E-state index in [1.807, 2.05) is 0 Å². The quantitative estimate of drug-likeness (QED) is 0.813. The molecule has 0 spiro atoms. The Morgan fingerprint density at radius 2 is 2.14 bits per heavy atom. The van der Waals surface area contributed by atoms with Crippen LogP contribution in [0.25, 0.3) is 0 Å². The summed E-state index contributed by atoms with van der Waals surface area (Å²) >= 11 is 12.1. The molecule has 7 heteroatoms. The van der Waals surface area contributed by atoms with Crippen LogP contribution in [0.5, 0.6) is 0 Å². The second kappa shape index (κ2) is 7.31. The van der Waals surface area contributed by atoms with Crippen molar-refractivity contribution in [2.45, 2.75) is 6.42 Å². The van der Waals surface area contributed by atoms with E-state index in [1.165, 1.54) is 0 Å². The van der Waals surface area contributed by atoms with Gasteiger partial charge in [-0.05, 0) is 31.0 Å². The van der Waals surface area contributed by atoms with E-state index in [0.717, 1.165) is 26.1 Å². The molecule has 0 saturated carbocycles. The van der Waals surface area contributed by atoms with Crippen LogP contribution < -0.4 is 11.1 Å². The second-order valence-corrected chi connectivity index (χ2v) is 6.07. The lowest BCUT2D eigenvalue weighted by molar-refractivity contribution is -0.117. The lowest BCUT2D eigenvalue weighted by Gasteiger charge is -2.16. The van der Waals surface area contributed by atoms with Crippen molar-refractivity contribution >= 4 is 40.5 Å². The Balaban J connectivity index is 1.91. The average molecular weight is 332 g/mol. The van der Waals surface area contributed by atoms with Gasteiger partial charge < -0.3 is 15.8 Å². The van der Waals surface area contributed by atoms with E-state index >= 15 is 0 Å². The highest BCUT2D eigenvalue weighted by molar-refractivity contribution is 6.40. The largest absolute Gasteiger partial charge is 0.399 e. The number of carbonyl (C=O) groups is 1. The van der Waals surface area contributed by atoms with Gasteiger partial charge >= 0.3 is 0 Å². The minimum absolute atomic E-state index is 0.137. The Bertz CT molecular complexity index is 502. The van der Waals surface area contributed by atoms with Gasteiger partial charge in [-0.1, -0.05) is 23.2 Å². The van der Waals surface area contributed by atoms with Crippen LogP contribution in [0.3, 0.4) is 0 Å². The van der Waals surface area contributed by atoms with Crippen molar-refractivity contribution in [3.63, 3.8) is 0 Å². The van der Waals surface area contributed by atoms with Gasteiger partial charge in [-0.2, -0.15) is 0 Å². The van der Waals surface area contributed by atoms with Crippen LogP contribution >= 0.6 is 23.2 Å². The molecule has 116 valence electrons. The maximum atomic E-state index is 12.1. The Morgan fingerprint density at radius 3 is 2.76 bits per heavy atom. The number of ether oxygens (including phenoxy) is 1. The molecule has 0 bridgehead atoms. The number of rotatable bonds is 5. The number of nitrogen functional groups attached to an aromatic ring is 1. The summed E-state index contributed by atoms with van der Waals surface area (Å²) in [5.74, 6) is 0.355. The topological polar surface area (TPSA) is 67.6 Å². The molecule has 1 aliphatic heterocycles. The standard InChI is InChI=1S/C14H19Cl2N3O2/c1-21-8-9-2-3-19(6-9)7-13(20)18-14-11(15)4-10(17)5-12(14)16/h4-5,9H,2-3,6-8,17H2,1H3,(H,18,20). The van der Waals surface area contributed by atoms with E-state index in [4.69, 9.17) is 33.7 Å². The van der Waals surface area contributed by atoms with Crippen molar-refractivity contribution in [1.82, 2.24) is 4.90 Å². The van der Waals surface area contributed by atoms with E-state index in [0.29, 0.717) is 33.9 Å². The molecule has 3 N–H and O–H groups in total. The zero-order valence-electron chi connectivity index (χ0n) is 11.9. The van der Waals surface area contributed by atoms with E-state index in [1.54, 1.807) is 19.2 Å². The third kappa shape index (κ3) is 4.48. The smallest absolute Gasteiger partial charge is 0.238 e. The number of nitrogens with one attached hydrogen (secondary N) is 1. The van der Waals surface area contributed by atoms with E-state index in [2.05, 4.69) is 10.2 Å². The number of likely N-dealkylation sites (tertiary alicyclic amines) is 1. The van der Waals surface area contributed by atoms with Gasteiger partial charge in [0.05, 0.1) is 28.9 Å². The predicted molar refractivity (Wildman–Crippen MR) is 85.9 cm³/mol. The summed E-state index contributed by atoms with van der Waals surface area (Å²) < 4.78 is 5.14. The maximum absolute atomic E-state index is 12.1. The number of methoxy groups -OCH3 is 1. The van der Waals surface area contributed by atoms with Gasteiger partial charge in [0.1, 0.15) is 0 Å². The molecule has 1 heterocycles. The molecular formula is C14H19Cl2N3O2. The molecule has 0 aromatic heterocycles. The summed E-state index contributed by atoms with van der Waals surface area (Å²) in [5.41, 5.74) is 6.50. The first-order chi connectivity index (χ1) is 9.99. The first-order valence-corrected chi connectivity index (χ1v) is 7.51. The van der Waals surface area contributed by atoms with E-state index in [9.17, 15) is 4.79 Å². The highest BCUT2D eigenvalue weighted by atomic mass is 35.5. The van der Waals surface area contributed by atoms with E-state index in [-0.39, 0.29) is 5.91 Å². The Labute approximate surface area is 134 Å². The molecule has 2 rings (SSSR count). The molecule has 1 unspecified atom stereocenters. The summed E-state index contributed by atoms with van der Waals surface area (Å²) in [7, 11) is 1.69. The van der Waals surface area contributed by atoms with Crippen molar-refractivity contribution < 1.29 is 9.53 Å². The van der Waals surface area contributed by atoms with Gasteiger partial charge in [0.25, 0.3) is 0 Å². The first-order valence-electron chi connectivity index (χ1n) is 6.75. The highest BCUT2D eigenvalue weighted by Crippen LogP contribution is 2.32. The molecule has 1 amide bonds. The molecule has 1 saturated heterocycles. The fraction of sp³-hybridized carbons (Fsp3) is 0.500. The van der Waals surface area contributed by atoms with Crippen LogP contribution in [-0.4, -0.2) is 44.2 Å². The third-order valence-electron chi connectivity index (χ3n) is 3.47.